The molecule has 1 heterocycles. The largest absolute Gasteiger partial charge is 0.438 e. The van der Waals surface area contributed by atoms with E-state index in [1.165, 1.54) is 6.39 Å². The number of amides is 1. The number of benzene rings is 1. The lowest BCUT2D eigenvalue weighted by atomic mass is 10.1. The number of carbonyl (C=O) groups is 1. The number of rotatable bonds is 4. The molecule has 2 rings (SSSR count). The van der Waals surface area contributed by atoms with Crippen molar-refractivity contribution in [2.45, 2.75) is 13.5 Å². The zero-order chi connectivity index (χ0) is 14.5. The van der Waals surface area contributed by atoms with Gasteiger partial charge >= 0.3 is 0 Å². The van der Waals surface area contributed by atoms with Gasteiger partial charge in [-0.2, -0.15) is 0 Å². The summed E-state index contributed by atoms with van der Waals surface area (Å²) in [7, 11) is 0. The summed E-state index contributed by atoms with van der Waals surface area (Å²) in [5.41, 5.74) is 7.49. The van der Waals surface area contributed by atoms with E-state index < -0.39 is 0 Å². The molecule has 0 aliphatic carbocycles. The van der Waals surface area contributed by atoms with E-state index in [0.717, 1.165) is 5.56 Å². The van der Waals surface area contributed by atoms with Crippen LogP contribution in [0.5, 0.6) is 0 Å². The molecule has 0 spiro atoms. The van der Waals surface area contributed by atoms with E-state index in [1.54, 1.807) is 31.2 Å². The van der Waals surface area contributed by atoms with Gasteiger partial charge in [0.1, 0.15) is 0 Å². The summed E-state index contributed by atoms with van der Waals surface area (Å²) in [6.45, 7) is 2.04. The van der Waals surface area contributed by atoms with E-state index in [1.807, 2.05) is 0 Å². The maximum atomic E-state index is 11.8. The molecule has 0 fully saturated rings. The topological polar surface area (TPSA) is 114 Å². The summed E-state index contributed by atoms with van der Waals surface area (Å²) in [6, 6.07) is 6.97. The molecule has 0 bridgehead atoms. The van der Waals surface area contributed by atoms with Gasteiger partial charge in [0.15, 0.2) is 12.2 Å². The van der Waals surface area contributed by atoms with Gasteiger partial charge in [-0.15, -0.1) is 0 Å². The number of aryl methyl sites for hydroxylation is 1. The molecule has 4 N–H and O–H groups in total. The zero-order valence-electron chi connectivity index (χ0n) is 10.8. The van der Waals surface area contributed by atoms with Crippen molar-refractivity contribution in [3.63, 3.8) is 0 Å². The Morgan fingerprint density at radius 1 is 1.45 bits per heavy atom. The fourth-order valence-electron chi connectivity index (χ4n) is 1.63. The van der Waals surface area contributed by atoms with Gasteiger partial charge in [0.25, 0.3) is 5.91 Å². The molecule has 20 heavy (non-hydrogen) atoms. The van der Waals surface area contributed by atoms with Gasteiger partial charge in [0.2, 0.25) is 5.76 Å². The smallest absolute Gasteiger partial charge is 0.289 e. The van der Waals surface area contributed by atoms with Gasteiger partial charge in [-0.25, -0.2) is 4.98 Å². The molecule has 0 radical (unpaired) electrons. The normalized spacial score (nSPS) is 11.3. The number of aromatic nitrogens is 1. The minimum absolute atomic E-state index is 0.0397. The molecule has 1 aromatic heterocycles. The van der Waals surface area contributed by atoms with Crippen molar-refractivity contribution in [2.75, 3.05) is 0 Å². The number of amidine groups is 1. The molecular formula is C13H14N4O3. The molecule has 0 unspecified atom stereocenters. The second-order valence-corrected chi connectivity index (χ2v) is 4.13. The van der Waals surface area contributed by atoms with Crippen LogP contribution in [-0.4, -0.2) is 21.9 Å². The monoisotopic (exact) mass is 274 g/mol. The highest BCUT2D eigenvalue weighted by Gasteiger charge is 2.13. The summed E-state index contributed by atoms with van der Waals surface area (Å²) in [6.07, 6.45) is 1.23. The van der Waals surface area contributed by atoms with E-state index in [9.17, 15) is 4.79 Å². The van der Waals surface area contributed by atoms with Crippen LogP contribution < -0.4 is 11.1 Å². The predicted molar refractivity (Wildman–Crippen MR) is 71.4 cm³/mol. The Bertz CT molecular complexity index is 631. The molecule has 7 nitrogen and oxygen atoms in total. The number of hydrogen-bond acceptors (Lipinski definition) is 5. The first-order chi connectivity index (χ1) is 9.61. The highest BCUT2D eigenvalue weighted by atomic mass is 16.4. The minimum atomic E-state index is -0.319. The van der Waals surface area contributed by atoms with Gasteiger partial charge in [-0.05, 0) is 12.5 Å². The van der Waals surface area contributed by atoms with Gasteiger partial charge in [-0.3, -0.25) is 4.79 Å². The molecule has 0 aliphatic rings. The lowest BCUT2D eigenvalue weighted by Crippen LogP contribution is -2.23. The van der Waals surface area contributed by atoms with Crippen LogP contribution in [0.2, 0.25) is 0 Å². The Labute approximate surface area is 115 Å². The van der Waals surface area contributed by atoms with Crippen LogP contribution in [0.1, 0.15) is 27.4 Å². The maximum absolute atomic E-state index is 11.8. The average molecular weight is 274 g/mol. The molecule has 0 atom stereocenters. The SMILES string of the molecule is Cc1ncoc1C(=O)NCc1ccc(/C(N)=N/O)cc1. The third kappa shape index (κ3) is 2.94. The highest BCUT2D eigenvalue weighted by molar-refractivity contribution is 5.97. The molecule has 104 valence electrons. The van der Waals surface area contributed by atoms with Crippen molar-refractivity contribution < 1.29 is 14.4 Å². The van der Waals surface area contributed by atoms with Crippen LogP contribution >= 0.6 is 0 Å². The zero-order valence-corrected chi connectivity index (χ0v) is 10.8. The second-order valence-electron chi connectivity index (χ2n) is 4.13. The standard InChI is InChI=1S/C13H14N4O3/c1-8-11(20-7-16-8)13(18)15-6-9-2-4-10(5-3-9)12(14)17-19/h2-5,7,19H,6H2,1H3,(H2,14,17)(H,15,18). The van der Waals surface area contributed by atoms with E-state index >= 15 is 0 Å². The van der Waals surface area contributed by atoms with Crippen molar-refractivity contribution in [3.8, 4) is 0 Å². The van der Waals surface area contributed by atoms with Crippen molar-refractivity contribution in [3.05, 3.63) is 53.2 Å². The van der Waals surface area contributed by atoms with E-state index in [4.69, 9.17) is 15.4 Å². The molecular weight excluding hydrogens is 260 g/mol. The Hall–Kier alpha value is -2.83. The number of oxime groups is 1. The van der Waals surface area contributed by atoms with Crippen LogP contribution in [0.15, 0.2) is 40.2 Å². The molecule has 0 saturated heterocycles. The summed E-state index contributed by atoms with van der Waals surface area (Å²) in [5, 5.41) is 14.2. The van der Waals surface area contributed by atoms with Crippen molar-refractivity contribution in [1.29, 1.82) is 0 Å². The molecule has 0 aliphatic heterocycles. The second kappa shape index (κ2) is 5.87. The number of nitrogens with two attached hydrogens (primary N) is 1. The number of nitrogens with one attached hydrogen (secondary N) is 1. The molecule has 1 amide bonds. The Balaban J connectivity index is 1.98. The van der Waals surface area contributed by atoms with Crippen molar-refractivity contribution in [1.82, 2.24) is 10.3 Å². The van der Waals surface area contributed by atoms with Crippen LogP contribution in [0, 0.1) is 6.92 Å². The summed E-state index contributed by atoms with van der Waals surface area (Å²) < 4.78 is 5.00. The quantitative estimate of drug-likeness (QED) is 0.333. The van der Waals surface area contributed by atoms with Gasteiger partial charge in [-0.1, -0.05) is 29.4 Å². The average Bonchev–Trinajstić information content (AvgIpc) is 2.90. The molecule has 2 aromatic rings. The first-order valence-corrected chi connectivity index (χ1v) is 5.87. The molecule has 1 aromatic carbocycles. The van der Waals surface area contributed by atoms with Gasteiger partial charge < -0.3 is 20.7 Å². The van der Waals surface area contributed by atoms with E-state index in [2.05, 4.69) is 15.5 Å². The van der Waals surface area contributed by atoms with E-state index in [-0.39, 0.29) is 17.5 Å². The van der Waals surface area contributed by atoms with Crippen molar-refractivity contribution in [2.24, 2.45) is 10.9 Å². The van der Waals surface area contributed by atoms with Crippen LogP contribution in [-0.2, 0) is 6.54 Å². The number of hydrogen-bond donors (Lipinski definition) is 3. The molecule has 0 saturated carbocycles. The van der Waals surface area contributed by atoms with Gasteiger partial charge in [0, 0.05) is 12.1 Å². The highest BCUT2D eigenvalue weighted by Crippen LogP contribution is 2.07. The first-order valence-electron chi connectivity index (χ1n) is 5.87. The third-order valence-corrected chi connectivity index (χ3v) is 2.76. The summed E-state index contributed by atoms with van der Waals surface area (Å²) in [4.78, 5) is 15.7. The number of carbonyl (C=O) groups excluding carboxylic acids is 1. The van der Waals surface area contributed by atoms with E-state index in [0.29, 0.717) is 17.8 Å². The van der Waals surface area contributed by atoms with Crippen LogP contribution in [0.3, 0.4) is 0 Å². The summed E-state index contributed by atoms with van der Waals surface area (Å²) >= 11 is 0. The number of oxazole rings is 1. The fraction of sp³-hybridized carbons (Fsp3) is 0.154. The van der Waals surface area contributed by atoms with Gasteiger partial charge in [0.05, 0.1) is 5.69 Å². The fourth-order valence-corrected chi connectivity index (χ4v) is 1.63. The Kier molecular flexibility index (Phi) is 3.99. The molecule has 7 heteroatoms. The summed E-state index contributed by atoms with van der Waals surface area (Å²) in [5.74, 6) is -0.0725. The van der Waals surface area contributed by atoms with Crippen LogP contribution in [0.4, 0.5) is 0 Å². The minimum Gasteiger partial charge on any atom is -0.438 e. The third-order valence-electron chi connectivity index (χ3n) is 2.76. The number of nitrogens with zero attached hydrogens (tertiary/aromatic N) is 2. The lowest BCUT2D eigenvalue weighted by Gasteiger charge is -2.05. The van der Waals surface area contributed by atoms with Crippen molar-refractivity contribution >= 4 is 11.7 Å². The Morgan fingerprint density at radius 3 is 2.70 bits per heavy atom. The Morgan fingerprint density at radius 2 is 2.15 bits per heavy atom. The predicted octanol–water partition coefficient (Wildman–Crippen LogP) is 1.01. The first kappa shape index (κ1) is 13.6. The van der Waals surface area contributed by atoms with Crippen LogP contribution in [0.25, 0.3) is 0 Å². The maximum Gasteiger partial charge on any atom is 0.289 e. The lowest BCUT2D eigenvalue weighted by molar-refractivity contribution is 0.0922.